The number of thiophene rings is 1. The van der Waals surface area contributed by atoms with Crippen molar-refractivity contribution in [2.24, 2.45) is 5.92 Å². The lowest BCUT2D eigenvalue weighted by molar-refractivity contribution is 0.0247. The molecule has 0 radical (unpaired) electrons. The first-order valence-corrected chi connectivity index (χ1v) is 9.96. The maximum absolute atomic E-state index is 3.88. The molecular formula is C17H27BrN2S. The van der Waals surface area contributed by atoms with E-state index in [1.807, 2.05) is 11.3 Å². The minimum Gasteiger partial charge on any atom is -0.311 e. The van der Waals surface area contributed by atoms with E-state index in [-0.39, 0.29) is 0 Å². The van der Waals surface area contributed by atoms with Gasteiger partial charge in [0, 0.05) is 36.1 Å². The first-order valence-electron chi connectivity index (χ1n) is 8.35. The number of piperazine rings is 1. The Hall–Kier alpha value is 0.1000. The van der Waals surface area contributed by atoms with Gasteiger partial charge >= 0.3 is 0 Å². The summed E-state index contributed by atoms with van der Waals surface area (Å²) in [4.78, 5) is 4.31. The number of nitrogens with one attached hydrogen (secondary N) is 1. The number of hydrogen-bond donors (Lipinski definition) is 1. The lowest BCUT2D eigenvalue weighted by Crippen LogP contribution is -2.64. The Morgan fingerprint density at radius 1 is 1.43 bits per heavy atom. The van der Waals surface area contributed by atoms with E-state index in [0.717, 1.165) is 12.5 Å². The molecular weight excluding hydrogens is 344 g/mol. The summed E-state index contributed by atoms with van der Waals surface area (Å²) in [5, 5.41) is 3.88. The number of nitrogens with zero attached hydrogens (tertiary/aromatic N) is 1. The lowest BCUT2D eigenvalue weighted by Gasteiger charge is -2.49. The van der Waals surface area contributed by atoms with Gasteiger partial charge in [-0.05, 0) is 46.8 Å². The van der Waals surface area contributed by atoms with Crippen molar-refractivity contribution in [3.8, 4) is 0 Å². The number of halogens is 1. The molecule has 1 aromatic heterocycles. The highest BCUT2D eigenvalue weighted by molar-refractivity contribution is 9.11. The monoisotopic (exact) mass is 370 g/mol. The molecule has 2 fully saturated rings. The van der Waals surface area contributed by atoms with E-state index < -0.39 is 0 Å². The summed E-state index contributed by atoms with van der Waals surface area (Å²) >= 11 is 5.50. The van der Waals surface area contributed by atoms with Gasteiger partial charge in [0.15, 0.2) is 0 Å². The molecule has 2 atom stereocenters. The summed E-state index contributed by atoms with van der Waals surface area (Å²) in [6, 6.07) is 5.14. The van der Waals surface area contributed by atoms with Crippen LogP contribution in [0, 0.1) is 5.92 Å². The third-order valence-electron chi connectivity index (χ3n) is 5.62. The van der Waals surface area contributed by atoms with Gasteiger partial charge in [-0.3, -0.25) is 4.90 Å². The molecule has 1 saturated heterocycles. The van der Waals surface area contributed by atoms with Gasteiger partial charge in [-0.15, -0.1) is 11.3 Å². The Balaban J connectivity index is 1.76. The van der Waals surface area contributed by atoms with Crippen molar-refractivity contribution in [3.05, 3.63) is 20.8 Å². The van der Waals surface area contributed by atoms with Crippen LogP contribution in [0.25, 0.3) is 0 Å². The number of rotatable bonds is 4. The van der Waals surface area contributed by atoms with Crippen LogP contribution < -0.4 is 5.32 Å². The topological polar surface area (TPSA) is 15.3 Å². The fraction of sp³-hybridized carbons (Fsp3) is 0.765. The van der Waals surface area contributed by atoms with Gasteiger partial charge < -0.3 is 5.32 Å². The van der Waals surface area contributed by atoms with Crippen molar-refractivity contribution < 1.29 is 0 Å². The van der Waals surface area contributed by atoms with Crippen molar-refractivity contribution in [2.45, 2.75) is 64.1 Å². The molecule has 4 heteroatoms. The van der Waals surface area contributed by atoms with E-state index in [4.69, 9.17) is 0 Å². The average molecular weight is 371 g/mol. The second-order valence-electron chi connectivity index (χ2n) is 6.89. The number of hydrogen-bond acceptors (Lipinski definition) is 3. The van der Waals surface area contributed by atoms with E-state index in [1.165, 1.54) is 53.9 Å². The molecule has 1 aromatic rings. The molecule has 3 rings (SSSR count). The van der Waals surface area contributed by atoms with Crippen LogP contribution in [-0.4, -0.2) is 29.6 Å². The minimum absolute atomic E-state index is 0.431. The molecule has 1 N–H and O–H groups in total. The predicted molar refractivity (Wildman–Crippen MR) is 94.9 cm³/mol. The highest BCUT2D eigenvalue weighted by atomic mass is 79.9. The molecule has 2 aliphatic rings. The van der Waals surface area contributed by atoms with Gasteiger partial charge in [-0.2, -0.15) is 0 Å². The maximum atomic E-state index is 3.88. The zero-order valence-corrected chi connectivity index (χ0v) is 15.6. The second kappa shape index (κ2) is 6.69. The molecule has 1 saturated carbocycles. The Labute approximate surface area is 141 Å². The lowest BCUT2D eigenvalue weighted by atomic mass is 9.87. The van der Waals surface area contributed by atoms with Crippen LogP contribution in [-0.2, 0) is 6.54 Å². The molecule has 2 nitrogen and oxygen atoms in total. The normalized spacial score (nSPS) is 27.3. The van der Waals surface area contributed by atoms with Crippen molar-refractivity contribution in [1.29, 1.82) is 0 Å². The van der Waals surface area contributed by atoms with E-state index >= 15 is 0 Å². The zero-order chi connectivity index (χ0) is 14.9. The SMILES string of the molecule is CCC(C)C1CN(Cc2ccc(Br)s2)C2(CCCC2)CN1. The molecule has 118 valence electrons. The molecule has 21 heavy (non-hydrogen) atoms. The summed E-state index contributed by atoms with van der Waals surface area (Å²) < 4.78 is 1.26. The zero-order valence-electron chi connectivity index (χ0n) is 13.2. The summed E-state index contributed by atoms with van der Waals surface area (Å²) in [5.41, 5.74) is 0.431. The van der Waals surface area contributed by atoms with Crippen LogP contribution in [0.5, 0.6) is 0 Å². The third kappa shape index (κ3) is 3.39. The van der Waals surface area contributed by atoms with E-state index in [9.17, 15) is 0 Å². The van der Waals surface area contributed by atoms with E-state index in [2.05, 4.69) is 52.1 Å². The summed E-state index contributed by atoms with van der Waals surface area (Å²) in [7, 11) is 0. The van der Waals surface area contributed by atoms with Crippen molar-refractivity contribution in [3.63, 3.8) is 0 Å². The van der Waals surface area contributed by atoms with E-state index in [1.54, 1.807) is 0 Å². The van der Waals surface area contributed by atoms with Crippen LogP contribution >= 0.6 is 27.3 Å². The summed E-state index contributed by atoms with van der Waals surface area (Å²) in [6.45, 7) is 8.24. The molecule has 1 aliphatic heterocycles. The van der Waals surface area contributed by atoms with Crippen LogP contribution in [0.3, 0.4) is 0 Å². The average Bonchev–Trinajstić information content (AvgIpc) is 3.11. The van der Waals surface area contributed by atoms with Crippen molar-refractivity contribution >= 4 is 27.3 Å². The first-order chi connectivity index (χ1) is 10.1. The van der Waals surface area contributed by atoms with E-state index in [0.29, 0.717) is 11.6 Å². The fourth-order valence-electron chi connectivity index (χ4n) is 3.98. The molecule has 0 amide bonds. The smallest absolute Gasteiger partial charge is 0.0701 e. The second-order valence-corrected chi connectivity index (χ2v) is 9.44. The molecule has 0 aromatic carbocycles. The molecule has 0 bridgehead atoms. The van der Waals surface area contributed by atoms with Gasteiger partial charge in [-0.1, -0.05) is 33.1 Å². The van der Waals surface area contributed by atoms with Crippen LogP contribution in [0.1, 0.15) is 50.8 Å². The molecule has 2 unspecified atom stereocenters. The molecule has 2 heterocycles. The van der Waals surface area contributed by atoms with Crippen LogP contribution in [0.2, 0.25) is 0 Å². The van der Waals surface area contributed by atoms with Crippen LogP contribution in [0.15, 0.2) is 15.9 Å². The molecule has 1 spiro atoms. The highest BCUT2D eigenvalue weighted by Gasteiger charge is 2.44. The largest absolute Gasteiger partial charge is 0.311 e. The van der Waals surface area contributed by atoms with Gasteiger partial charge in [0.25, 0.3) is 0 Å². The molecule has 1 aliphatic carbocycles. The Morgan fingerprint density at radius 3 is 2.81 bits per heavy atom. The van der Waals surface area contributed by atoms with Crippen molar-refractivity contribution in [2.75, 3.05) is 13.1 Å². The summed E-state index contributed by atoms with van der Waals surface area (Å²) in [6.07, 6.45) is 6.82. The Bertz CT molecular complexity index is 467. The Morgan fingerprint density at radius 2 is 2.19 bits per heavy atom. The van der Waals surface area contributed by atoms with Crippen molar-refractivity contribution in [1.82, 2.24) is 10.2 Å². The van der Waals surface area contributed by atoms with Gasteiger partial charge in [0.05, 0.1) is 3.79 Å². The maximum Gasteiger partial charge on any atom is 0.0701 e. The minimum atomic E-state index is 0.431. The first kappa shape index (κ1) is 16.0. The van der Waals surface area contributed by atoms with Gasteiger partial charge in [-0.25, -0.2) is 0 Å². The Kier molecular flexibility index (Phi) is 5.09. The highest BCUT2D eigenvalue weighted by Crippen LogP contribution is 2.39. The summed E-state index contributed by atoms with van der Waals surface area (Å²) in [5.74, 6) is 0.765. The fourth-order valence-corrected chi connectivity index (χ4v) is 5.48. The predicted octanol–water partition coefficient (Wildman–Crippen LogP) is 4.64. The van der Waals surface area contributed by atoms with Gasteiger partial charge in [0.1, 0.15) is 0 Å². The third-order valence-corrected chi connectivity index (χ3v) is 7.23. The quantitative estimate of drug-likeness (QED) is 0.829. The van der Waals surface area contributed by atoms with Crippen LogP contribution in [0.4, 0.5) is 0 Å². The standard InChI is InChI=1S/C17H27BrN2S/c1-3-13(2)15-11-20(10-14-6-7-16(18)21-14)17(12-19-15)8-4-5-9-17/h6-7,13,15,19H,3-5,8-12H2,1-2H3. The van der Waals surface area contributed by atoms with Gasteiger partial charge in [0.2, 0.25) is 0 Å².